The van der Waals surface area contributed by atoms with E-state index in [4.69, 9.17) is 89.3 Å². The number of carbonyl (C=O) groups is 6. The molecule has 0 bridgehead atoms. The van der Waals surface area contributed by atoms with Crippen LogP contribution in [0.5, 0.6) is 0 Å². The van der Waals surface area contributed by atoms with Crippen molar-refractivity contribution >= 4 is 122 Å². The molecular weight excluding hydrogens is 1300 g/mol. The molecule has 7 N–H and O–H groups in total. The zero-order chi connectivity index (χ0) is 66.3. The van der Waals surface area contributed by atoms with Crippen molar-refractivity contribution in [2.24, 2.45) is 0 Å². The molecule has 0 radical (unpaired) electrons. The number of methoxy groups -OCH3 is 2. The maximum absolute atomic E-state index is 12.7. The second kappa shape index (κ2) is 36.4. The number of amides is 3. The Hall–Kier alpha value is -7.10. The van der Waals surface area contributed by atoms with Gasteiger partial charge >= 0.3 is 17.9 Å². The van der Waals surface area contributed by atoms with Gasteiger partial charge in [-0.05, 0) is 112 Å². The molecule has 3 atom stereocenters. The Morgan fingerprint density at radius 1 is 0.467 bits per heavy atom. The minimum absolute atomic E-state index is 0.0620. The molecule has 0 spiro atoms. The molecule has 0 aromatic heterocycles. The average Bonchev–Trinajstić information content (AvgIpc) is 1.68. The van der Waals surface area contributed by atoms with Gasteiger partial charge in [-0.3, -0.25) is 24.2 Å². The SMILES string of the molecule is COC(=O)[C@H](Cc1ccc(C2=CCN(CCO)CC2)cc1)NC(=O)c1c(Cl)cccc1Cl.COC(=O)[C@H](Cc1ccc(C2=CCNCC2)cc1)NC(=O)c1c(Cl)cccc1Cl.O=C(N[C@@H](Cc1ccc(C2=CCN(CCO)CC2)cc1)C(=O)O)c1c(Cl)cccc1Cl. The molecule has 3 aliphatic rings. The van der Waals surface area contributed by atoms with Gasteiger partial charge in [0.25, 0.3) is 17.7 Å². The van der Waals surface area contributed by atoms with Gasteiger partial charge in [0.2, 0.25) is 0 Å². The van der Waals surface area contributed by atoms with E-state index >= 15 is 0 Å². The van der Waals surface area contributed by atoms with E-state index in [2.05, 4.69) is 49.3 Å². The first-order chi connectivity index (χ1) is 44.3. The van der Waals surface area contributed by atoms with Crippen LogP contribution in [0.2, 0.25) is 30.1 Å². The first-order valence-electron chi connectivity index (χ1n) is 29.7. The third-order valence-electron chi connectivity index (χ3n) is 15.5. The molecule has 0 aliphatic carbocycles. The molecule has 9 rings (SSSR count). The topological polar surface area (TPSA) is 236 Å². The minimum Gasteiger partial charge on any atom is -0.480 e. The number of rotatable bonds is 22. The molecule has 0 saturated heterocycles. The average molecular weight is 1370 g/mol. The molecule has 17 nitrogen and oxygen atoms in total. The number of esters is 2. The van der Waals surface area contributed by atoms with Crippen molar-refractivity contribution in [1.29, 1.82) is 0 Å². The van der Waals surface area contributed by atoms with Gasteiger partial charge in [0, 0.05) is 65.1 Å². The van der Waals surface area contributed by atoms with Crippen LogP contribution in [0.3, 0.4) is 0 Å². The van der Waals surface area contributed by atoms with Crippen molar-refractivity contribution < 1.29 is 53.6 Å². The summed E-state index contributed by atoms with van der Waals surface area (Å²) in [6.07, 6.45) is 10.0. The number of nitrogens with one attached hydrogen (secondary N) is 4. The minimum atomic E-state index is -1.14. The third-order valence-corrected chi connectivity index (χ3v) is 17.4. The lowest BCUT2D eigenvalue weighted by molar-refractivity contribution is -0.143. The second-order valence-corrected chi connectivity index (χ2v) is 24.1. The van der Waals surface area contributed by atoms with Crippen LogP contribution < -0.4 is 21.3 Å². The van der Waals surface area contributed by atoms with Crippen LogP contribution in [-0.4, -0.2) is 159 Å². The van der Waals surface area contributed by atoms with Crippen LogP contribution in [0.1, 0.15) is 83.7 Å². The lowest BCUT2D eigenvalue weighted by Crippen LogP contribution is -2.43. The Morgan fingerprint density at radius 2 is 0.783 bits per heavy atom. The fraction of sp³-hybridized carbons (Fsp3) is 0.304. The summed E-state index contributed by atoms with van der Waals surface area (Å²) >= 11 is 36.5. The Bertz CT molecular complexity index is 3580. The molecule has 3 amide bonds. The Kier molecular flexibility index (Phi) is 28.6. The number of aliphatic carboxylic acids is 1. The molecule has 0 unspecified atom stereocenters. The third kappa shape index (κ3) is 21.0. The van der Waals surface area contributed by atoms with E-state index in [9.17, 15) is 33.9 Å². The maximum Gasteiger partial charge on any atom is 0.328 e. The van der Waals surface area contributed by atoms with Crippen LogP contribution in [0.4, 0.5) is 0 Å². The van der Waals surface area contributed by atoms with Gasteiger partial charge in [-0.2, -0.15) is 0 Å². The number of carboxylic acid groups (broad SMARTS) is 1. The zero-order valence-electron chi connectivity index (χ0n) is 50.7. The van der Waals surface area contributed by atoms with E-state index in [-0.39, 0.29) is 72.9 Å². The number of β-amino-alcohol motifs (C(OH)–C–C–N with tert-alkyl or cyclic N) is 2. The number of aliphatic hydroxyl groups is 2. The van der Waals surface area contributed by atoms with E-state index in [0.29, 0.717) is 19.5 Å². The van der Waals surface area contributed by atoms with Crippen molar-refractivity contribution in [3.05, 3.63) is 226 Å². The summed E-state index contributed by atoms with van der Waals surface area (Å²) in [5, 5.41) is 40.1. The first-order valence-corrected chi connectivity index (χ1v) is 31.9. The van der Waals surface area contributed by atoms with Gasteiger partial charge in [0.15, 0.2) is 0 Å². The van der Waals surface area contributed by atoms with Crippen molar-refractivity contribution in [2.45, 2.75) is 56.7 Å². The van der Waals surface area contributed by atoms with Crippen LogP contribution in [0, 0.1) is 0 Å². The highest BCUT2D eigenvalue weighted by Crippen LogP contribution is 2.29. The van der Waals surface area contributed by atoms with E-state index in [0.717, 1.165) is 91.9 Å². The molecule has 92 heavy (non-hydrogen) atoms. The van der Waals surface area contributed by atoms with E-state index in [1.807, 2.05) is 72.8 Å². The van der Waals surface area contributed by atoms with E-state index < -0.39 is 53.8 Å². The van der Waals surface area contributed by atoms with Crippen LogP contribution >= 0.6 is 69.6 Å². The Balaban J connectivity index is 0.000000196. The monoisotopic (exact) mass is 1370 g/mol. The highest BCUT2D eigenvalue weighted by Gasteiger charge is 2.28. The summed E-state index contributed by atoms with van der Waals surface area (Å²) in [5.74, 6) is -3.91. The normalized spacial score (nSPS) is 15.0. The highest BCUT2D eigenvalue weighted by molar-refractivity contribution is 6.41. The maximum atomic E-state index is 12.7. The lowest BCUT2D eigenvalue weighted by atomic mass is 9.96. The van der Waals surface area contributed by atoms with E-state index in [1.54, 1.807) is 42.5 Å². The van der Waals surface area contributed by atoms with Gasteiger partial charge in [0.1, 0.15) is 18.1 Å². The molecular formula is C69H72Cl6N6O11. The Morgan fingerprint density at radius 3 is 1.05 bits per heavy atom. The molecule has 0 saturated carbocycles. The number of hydrogen-bond donors (Lipinski definition) is 7. The zero-order valence-corrected chi connectivity index (χ0v) is 55.2. The number of carbonyl (C=O) groups excluding carboxylic acids is 5. The van der Waals surface area contributed by atoms with Crippen LogP contribution in [0.15, 0.2) is 146 Å². The van der Waals surface area contributed by atoms with Crippen molar-refractivity contribution in [3.8, 4) is 0 Å². The van der Waals surface area contributed by atoms with Gasteiger partial charge in [-0.25, -0.2) is 14.4 Å². The molecule has 3 heterocycles. The summed E-state index contributed by atoms with van der Waals surface area (Å²) in [7, 11) is 2.57. The summed E-state index contributed by atoms with van der Waals surface area (Å²) < 4.78 is 9.74. The summed E-state index contributed by atoms with van der Waals surface area (Å²) in [6, 6.07) is 35.0. The molecule has 23 heteroatoms. The largest absolute Gasteiger partial charge is 0.480 e. The number of halogens is 6. The van der Waals surface area contributed by atoms with Gasteiger partial charge < -0.3 is 46.1 Å². The molecule has 3 aliphatic heterocycles. The van der Waals surface area contributed by atoms with Crippen molar-refractivity contribution in [3.63, 3.8) is 0 Å². The smallest absolute Gasteiger partial charge is 0.328 e. The van der Waals surface area contributed by atoms with Crippen molar-refractivity contribution in [1.82, 2.24) is 31.1 Å². The summed E-state index contributed by atoms with van der Waals surface area (Å²) in [4.78, 5) is 78.6. The quantitative estimate of drug-likeness (QED) is 0.0313. The number of hydrogen-bond acceptors (Lipinski definition) is 13. The standard InChI is InChI=1S/C24H26Cl2N2O4.C23H24Cl2N2O4.C22H22Cl2N2O3/c1-32-24(31)21(27-23(30)22-19(25)3-2-4-20(22)26)15-16-5-7-17(8-6-16)18-9-11-28(12-10-18)13-14-29;24-18-2-1-3-19(25)21(18)22(29)26-20(23(30)31)14-15-4-6-16(7-5-15)17-8-10-27(11-9-17)12-13-28;1-29-22(28)19(26-21(27)20-17(23)3-2-4-18(20)24)13-14-5-7-15(8-6-14)16-9-11-25-12-10-16/h2-9,21,29H,10-15H2,1H3,(H,27,30);1-8,20,28H,9-14H2,(H,26,29)(H,30,31);2-9,19,25H,10-13H2,1H3,(H,26,27)/t21-;20-;19-/m000/s1. The fourth-order valence-electron chi connectivity index (χ4n) is 10.5. The predicted octanol–water partition coefficient (Wildman–Crippen LogP) is 11.0. The predicted molar refractivity (Wildman–Crippen MR) is 363 cm³/mol. The fourth-order valence-corrected chi connectivity index (χ4v) is 12.2. The summed E-state index contributed by atoms with van der Waals surface area (Å²) in [5.41, 5.74) is 10.1. The van der Waals surface area contributed by atoms with Gasteiger partial charge in [0.05, 0.1) is 74.3 Å². The number of aliphatic hydroxyl groups excluding tert-OH is 2. The Labute approximate surface area is 565 Å². The van der Waals surface area contributed by atoms with Gasteiger partial charge in [-0.1, -0.05) is 179 Å². The second-order valence-electron chi connectivity index (χ2n) is 21.6. The highest BCUT2D eigenvalue weighted by atomic mass is 35.5. The molecule has 6 aromatic carbocycles. The van der Waals surface area contributed by atoms with E-state index in [1.165, 1.54) is 43.1 Å². The lowest BCUT2D eigenvalue weighted by Gasteiger charge is -2.25. The number of ether oxygens (including phenoxy) is 2. The first kappa shape index (κ1) is 72.3. The number of benzene rings is 6. The van der Waals surface area contributed by atoms with Crippen LogP contribution in [0.25, 0.3) is 16.7 Å². The summed E-state index contributed by atoms with van der Waals surface area (Å²) in [6.45, 7) is 6.94. The number of carboxylic acids is 1. The van der Waals surface area contributed by atoms with Crippen molar-refractivity contribution in [2.75, 3.05) is 79.8 Å². The molecule has 0 fully saturated rings. The van der Waals surface area contributed by atoms with Gasteiger partial charge in [-0.15, -0.1) is 0 Å². The molecule has 6 aromatic rings. The van der Waals surface area contributed by atoms with Crippen LogP contribution in [-0.2, 0) is 43.1 Å². The molecule has 486 valence electrons. The number of nitrogens with zero attached hydrogens (tertiary/aromatic N) is 2.